The quantitative estimate of drug-likeness (QED) is 0.471. The van der Waals surface area contributed by atoms with Crippen LogP contribution in [0.4, 0.5) is 0 Å². The highest BCUT2D eigenvalue weighted by atomic mass is 14.3. The summed E-state index contributed by atoms with van der Waals surface area (Å²) >= 11 is 0. The Morgan fingerprint density at radius 2 is 2.11 bits per heavy atom. The van der Waals surface area contributed by atoms with Crippen LogP contribution in [0.3, 0.4) is 0 Å². The Balaban J connectivity index is 2.39. The van der Waals surface area contributed by atoms with Gasteiger partial charge in [-0.2, -0.15) is 0 Å². The van der Waals surface area contributed by atoms with Crippen LogP contribution in [0.5, 0.6) is 0 Å². The average molecular weight is 124 g/mol. The molecule has 1 rings (SSSR count). The maximum absolute atomic E-state index is 3.97. The van der Waals surface area contributed by atoms with Gasteiger partial charge in [0, 0.05) is 0 Å². The van der Waals surface area contributed by atoms with Gasteiger partial charge in [0.1, 0.15) is 0 Å². The molecule has 0 heteroatoms. The molecular weight excluding hydrogens is 108 g/mol. The van der Waals surface area contributed by atoms with E-state index >= 15 is 0 Å². The first-order valence-electron chi connectivity index (χ1n) is 3.85. The maximum atomic E-state index is 3.97. The van der Waals surface area contributed by atoms with E-state index in [1.165, 1.54) is 24.8 Å². The second kappa shape index (κ2) is 2.55. The molecule has 0 amide bonds. The first kappa shape index (κ1) is 6.85. The fourth-order valence-electron chi connectivity index (χ4n) is 1.65. The van der Waals surface area contributed by atoms with Gasteiger partial charge >= 0.3 is 0 Å². The van der Waals surface area contributed by atoms with Crippen molar-refractivity contribution >= 4 is 0 Å². The highest BCUT2D eigenvalue weighted by Gasteiger charge is 2.20. The molecule has 0 aromatic carbocycles. The highest BCUT2D eigenvalue weighted by Crippen LogP contribution is 2.33. The van der Waals surface area contributed by atoms with Crippen LogP contribution in [0.1, 0.15) is 33.1 Å². The van der Waals surface area contributed by atoms with Crippen LogP contribution in [-0.4, -0.2) is 0 Å². The summed E-state index contributed by atoms with van der Waals surface area (Å²) in [4.78, 5) is 0. The monoisotopic (exact) mass is 124 g/mol. The van der Waals surface area contributed by atoms with Gasteiger partial charge in [-0.15, -0.1) is 0 Å². The van der Waals surface area contributed by atoms with E-state index in [-0.39, 0.29) is 0 Å². The van der Waals surface area contributed by atoms with Crippen molar-refractivity contribution in [2.75, 3.05) is 0 Å². The van der Waals surface area contributed by atoms with Crippen LogP contribution in [0.2, 0.25) is 0 Å². The summed E-state index contributed by atoms with van der Waals surface area (Å²) in [5.74, 6) is 1.80. The summed E-state index contributed by atoms with van der Waals surface area (Å²) in [6.07, 6.45) is 4.18. The van der Waals surface area contributed by atoms with Crippen LogP contribution in [0.25, 0.3) is 0 Å². The highest BCUT2D eigenvalue weighted by molar-refractivity contribution is 4.99. The van der Waals surface area contributed by atoms with Crippen molar-refractivity contribution in [3.63, 3.8) is 0 Å². The van der Waals surface area contributed by atoms with Crippen molar-refractivity contribution in [1.29, 1.82) is 0 Å². The molecule has 0 aliphatic heterocycles. The normalized spacial score (nSPS) is 34.9. The van der Waals surface area contributed by atoms with Crippen molar-refractivity contribution in [2.24, 2.45) is 11.8 Å². The lowest BCUT2D eigenvalue weighted by molar-refractivity contribution is 0.572. The third-order valence-corrected chi connectivity index (χ3v) is 2.39. The van der Waals surface area contributed by atoms with Crippen molar-refractivity contribution in [3.8, 4) is 0 Å². The Morgan fingerprint density at radius 1 is 1.44 bits per heavy atom. The second-order valence-electron chi connectivity index (χ2n) is 3.46. The molecule has 2 unspecified atom stereocenters. The summed E-state index contributed by atoms with van der Waals surface area (Å²) in [7, 11) is 0. The smallest absolute Gasteiger partial charge is 0.0206 e. The summed E-state index contributed by atoms with van der Waals surface area (Å²) in [5.41, 5.74) is 1.39. The van der Waals surface area contributed by atoms with Gasteiger partial charge < -0.3 is 0 Å². The maximum Gasteiger partial charge on any atom is -0.0206 e. The molecule has 1 saturated carbocycles. The van der Waals surface area contributed by atoms with E-state index in [2.05, 4.69) is 20.4 Å². The van der Waals surface area contributed by atoms with E-state index in [9.17, 15) is 0 Å². The third-order valence-electron chi connectivity index (χ3n) is 2.39. The topological polar surface area (TPSA) is 0 Å². The van der Waals surface area contributed by atoms with Crippen molar-refractivity contribution < 1.29 is 0 Å². The zero-order chi connectivity index (χ0) is 6.85. The molecule has 0 bridgehead atoms. The predicted molar refractivity (Wildman–Crippen MR) is 41.3 cm³/mol. The van der Waals surface area contributed by atoms with Crippen LogP contribution >= 0.6 is 0 Å². The molecule has 0 nitrogen and oxygen atoms in total. The minimum absolute atomic E-state index is 0.847. The molecule has 0 aromatic rings. The Labute approximate surface area is 58.0 Å². The van der Waals surface area contributed by atoms with Crippen molar-refractivity contribution in [1.82, 2.24) is 0 Å². The molecule has 0 N–H and O–H groups in total. The zero-order valence-corrected chi connectivity index (χ0v) is 6.48. The molecule has 1 aliphatic rings. The molecule has 0 radical (unpaired) electrons. The van der Waals surface area contributed by atoms with Gasteiger partial charge in [0.05, 0.1) is 0 Å². The van der Waals surface area contributed by atoms with Crippen LogP contribution in [0.15, 0.2) is 12.2 Å². The van der Waals surface area contributed by atoms with E-state index < -0.39 is 0 Å². The molecular formula is C9H16. The van der Waals surface area contributed by atoms with Gasteiger partial charge in [0.15, 0.2) is 0 Å². The van der Waals surface area contributed by atoms with E-state index in [1.807, 2.05) is 0 Å². The molecule has 0 spiro atoms. The number of rotatable bonds is 1. The SMILES string of the molecule is C=C(C)C1CCC(C)C1. The van der Waals surface area contributed by atoms with Gasteiger partial charge in [0.25, 0.3) is 0 Å². The lowest BCUT2D eigenvalue weighted by Gasteiger charge is -2.06. The fraction of sp³-hybridized carbons (Fsp3) is 0.778. The van der Waals surface area contributed by atoms with E-state index in [4.69, 9.17) is 0 Å². The fourth-order valence-corrected chi connectivity index (χ4v) is 1.65. The van der Waals surface area contributed by atoms with Gasteiger partial charge in [-0.3, -0.25) is 0 Å². The van der Waals surface area contributed by atoms with Crippen LogP contribution < -0.4 is 0 Å². The van der Waals surface area contributed by atoms with E-state index in [0.717, 1.165) is 11.8 Å². The minimum atomic E-state index is 0.847. The van der Waals surface area contributed by atoms with Crippen LogP contribution in [-0.2, 0) is 0 Å². The zero-order valence-electron chi connectivity index (χ0n) is 6.48. The van der Waals surface area contributed by atoms with Gasteiger partial charge in [-0.25, -0.2) is 0 Å². The minimum Gasteiger partial charge on any atom is -0.0999 e. The molecule has 52 valence electrons. The van der Waals surface area contributed by atoms with E-state index in [1.54, 1.807) is 0 Å². The Morgan fingerprint density at radius 3 is 2.33 bits per heavy atom. The number of hydrogen-bond donors (Lipinski definition) is 0. The summed E-state index contributed by atoms with van der Waals surface area (Å²) in [6, 6.07) is 0. The molecule has 0 aromatic heterocycles. The van der Waals surface area contributed by atoms with Gasteiger partial charge in [-0.1, -0.05) is 25.5 Å². The Bertz CT molecular complexity index is 113. The first-order valence-corrected chi connectivity index (χ1v) is 3.85. The number of hydrogen-bond acceptors (Lipinski definition) is 0. The van der Waals surface area contributed by atoms with Gasteiger partial charge in [-0.05, 0) is 31.6 Å². The molecule has 2 atom stereocenters. The average Bonchev–Trinajstić information content (AvgIpc) is 2.14. The molecule has 0 saturated heterocycles. The van der Waals surface area contributed by atoms with Crippen LogP contribution in [0, 0.1) is 11.8 Å². The van der Waals surface area contributed by atoms with Gasteiger partial charge in [0.2, 0.25) is 0 Å². The second-order valence-corrected chi connectivity index (χ2v) is 3.46. The summed E-state index contributed by atoms with van der Waals surface area (Å²) in [5, 5.41) is 0. The van der Waals surface area contributed by atoms with Crippen molar-refractivity contribution in [3.05, 3.63) is 12.2 Å². The predicted octanol–water partition coefficient (Wildman–Crippen LogP) is 3.00. The molecule has 0 heterocycles. The lowest BCUT2D eigenvalue weighted by Crippen LogP contribution is -1.93. The standard InChI is InChI=1S/C9H16/c1-7(2)9-5-4-8(3)6-9/h8-9H,1,4-6H2,2-3H3. The Hall–Kier alpha value is -0.260. The largest absolute Gasteiger partial charge is 0.0999 e. The lowest BCUT2D eigenvalue weighted by atomic mass is 10.00. The van der Waals surface area contributed by atoms with Crippen molar-refractivity contribution in [2.45, 2.75) is 33.1 Å². The molecule has 1 fully saturated rings. The number of allylic oxidation sites excluding steroid dienone is 1. The first-order chi connectivity index (χ1) is 4.20. The third kappa shape index (κ3) is 1.57. The Kier molecular flexibility index (Phi) is 1.94. The molecule has 1 aliphatic carbocycles. The molecule has 9 heavy (non-hydrogen) atoms. The summed E-state index contributed by atoms with van der Waals surface area (Å²) in [6.45, 7) is 8.46. The van der Waals surface area contributed by atoms with E-state index in [0.29, 0.717) is 0 Å². The summed E-state index contributed by atoms with van der Waals surface area (Å²) < 4.78 is 0.